The predicted molar refractivity (Wildman–Crippen MR) is 65.9 cm³/mol. The quantitative estimate of drug-likeness (QED) is 0.748. The fourth-order valence-corrected chi connectivity index (χ4v) is 1.57. The van der Waals surface area contributed by atoms with Gasteiger partial charge >= 0.3 is 5.97 Å². The Morgan fingerprint density at radius 3 is 2.72 bits per heavy atom. The van der Waals surface area contributed by atoms with Crippen molar-refractivity contribution in [2.45, 2.75) is 6.92 Å². The SMILES string of the molecule is COC(=O)c1ccc(=O)n(-c2cccc(C)c2)n1. The molecule has 92 valence electrons. The predicted octanol–water partition coefficient (Wildman–Crippen LogP) is 1.33. The van der Waals surface area contributed by atoms with Crippen LogP contribution in [0.3, 0.4) is 0 Å². The van der Waals surface area contributed by atoms with E-state index in [1.807, 2.05) is 25.1 Å². The zero-order valence-electron chi connectivity index (χ0n) is 10.1. The molecule has 0 atom stereocenters. The number of rotatable bonds is 2. The van der Waals surface area contributed by atoms with E-state index in [1.54, 1.807) is 6.07 Å². The number of nitrogens with zero attached hydrogens (tertiary/aromatic N) is 2. The summed E-state index contributed by atoms with van der Waals surface area (Å²) in [6.45, 7) is 1.92. The van der Waals surface area contributed by atoms with E-state index in [0.29, 0.717) is 5.69 Å². The zero-order chi connectivity index (χ0) is 13.1. The Labute approximate surface area is 104 Å². The minimum atomic E-state index is -0.573. The Kier molecular flexibility index (Phi) is 3.23. The first kappa shape index (κ1) is 12.0. The molecule has 0 radical (unpaired) electrons. The van der Waals surface area contributed by atoms with Crippen LogP contribution in [0.5, 0.6) is 0 Å². The lowest BCUT2D eigenvalue weighted by molar-refractivity contribution is 0.0591. The number of carbonyl (C=O) groups is 1. The molecule has 0 aliphatic heterocycles. The molecule has 0 N–H and O–H groups in total. The molecule has 2 rings (SSSR count). The van der Waals surface area contributed by atoms with Crippen molar-refractivity contribution in [2.75, 3.05) is 7.11 Å². The molecule has 2 aromatic rings. The van der Waals surface area contributed by atoms with Crippen molar-refractivity contribution in [1.29, 1.82) is 0 Å². The molecule has 0 spiro atoms. The van der Waals surface area contributed by atoms with Gasteiger partial charge in [0.25, 0.3) is 5.56 Å². The third-order valence-corrected chi connectivity index (χ3v) is 2.44. The summed E-state index contributed by atoms with van der Waals surface area (Å²) in [4.78, 5) is 23.1. The summed E-state index contributed by atoms with van der Waals surface area (Å²) in [7, 11) is 1.27. The molecule has 1 aromatic heterocycles. The van der Waals surface area contributed by atoms with Gasteiger partial charge in [0.1, 0.15) is 0 Å². The maximum Gasteiger partial charge on any atom is 0.358 e. The van der Waals surface area contributed by atoms with Gasteiger partial charge in [0.2, 0.25) is 0 Å². The van der Waals surface area contributed by atoms with E-state index in [0.717, 1.165) is 5.56 Å². The van der Waals surface area contributed by atoms with Crippen LogP contribution in [0, 0.1) is 6.92 Å². The van der Waals surface area contributed by atoms with Gasteiger partial charge in [0.15, 0.2) is 5.69 Å². The van der Waals surface area contributed by atoms with Crippen LogP contribution in [0.15, 0.2) is 41.2 Å². The molecule has 0 aliphatic rings. The summed E-state index contributed by atoms with van der Waals surface area (Å²) in [5, 5.41) is 3.98. The molecule has 0 unspecified atom stereocenters. The molecule has 0 amide bonds. The number of hydrogen-bond donors (Lipinski definition) is 0. The first-order valence-electron chi connectivity index (χ1n) is 5.37. The van der Waals surface area contributed by atoms with Crippen LogP contribution in [-0.4, -0.2) is 22.9 Å². The van der Waals surface area contributed by atoms with Crippen molar-refractivity contribution in [3.05, 3.63) is 58.0 Å². The topological polar surface area (TPSA) is 61.2 Å². The van der Waals surface area contributed by atoms with Crippen molar-refractivity contribution >= 4 is 5.97 Å². The van der Waals surface area contributed by atoms with Crippen LogP contribution in [0.2, 0.25) is 0 Å². The number of hydrogen-bond acceptors (Lipinski definition) is 4. The van der Waals surface area contributed by atoms with Crippen LogP contribution >= 0.6 is 0 Å². The van der Waals surface area contributed by atoms with Crippen molar-refractivity contribution in [3.63, 3.8) is 0 Å². The van der Waals surface area contributed by atoms with Gasteiger partial charge in [-0.05, 0) is 30.7 Å². The minimum Gasteiger partial charge on any atom is -0.464 e. The molecule has 5 nitrogen and oxygen atoms in total. The van der Waals surface area contributed by atoms with Crippen LogP contribution in [0.25, 0.3) is 5.69 Å². The fraction of sp³-hybridized carbons (Fsp3) is 0.154. The highest BCUT2D eigenvalue weighted by Gasteiger charge is 2.10. The minimum absolute atomic E-state index is 0.0959. The lowest BCUT2D eigenvalue weighted by Crippen LogP contribution is -2.23. The third-order valence-electron chi connectivity index (χ3n) is 2.44. The van der Waals surface area contributed by atoms with Gasteiger partial charge in [-0.2, -0.15) is 9.78 Å². The lowest BCUT2D eigenvalue weighted by Gasteiger charge is -2.06. The third kappa shape index (κ3) is 2.29. The first-order chi connectivity index (χ1) is 8.61. The summed E-state index contributed by atoms with van der Waals surface area (Å²) in [6, 6.07) is 9.95. The Morgan fingerprint density at radius 1 is 1.28 bits per heavy atom. The number of esters is 1. The number of methoxy groups -OCH3 is 1. The maximum atomic E-state index is 11.7. The molecule has 1 aromatic carbocycles. The Balaban J connectivity index is 2.57. The maximum absolute atomic E-state index is 11.7. The largest absolute Gasteiger partial charge is 0.464 e. The molecule has 0 saturated carbocycles. The summed E-state index contributed by atoms with van der Waals surface area (Å²) >= 11 is 0. The van der Waals surface area contributed by atoms with Crippen molar-refractivity contribution in [1.82, 2.24) is 9.78 Å². The summed E-state index contributed by atoms with van der Waals surface area (Å²) in [6.07, 6.45) is 0. The Morgan fingerprint density at radius 2 is 2.06 bits per heavy atom. The second-order valence-electron chi connectivity index (χ2n) is 3.80. The molecule has 0 aliphatic carbocycles. The molecular formula is C13H12N2O3. The zero-order valence-corrected chi connectivity index (χ0v) is 10.1. The Bertz CT molecular complexity index is 647. The standard InChI is InChI=1S/C13H12N2O3/c1-9-4-3-5-10(8-9)15-12(16)7-6-11(14-15)13(17)18-2/h3-8H,1-2H3. The van der Waals surface area contributed by atoms with Crippen molar-refractivity contribution in [2.24, 2.45) is 0 Å². The summed E-state index contributed by atoms with van der Waals surface area (Å²) in [5.41, 5.74) is 1.42. The van der Waals surface area contributed by atoms with E-state index in [-0.39, 0.29) is 11.3 Å². The highest BCUT2D eigenvalue weighted by molar-refractivity contribution is 5.86. The van der Waals surface area contributed by atoms with Gasteiger partial charge < -0.3 is 4.74 Å². The Hall–Kier alpha value is -2.43. The highest BCUT2D eigenvalue weighted by atomic mass is 16.5. The highest BCUT2D eigenvalue weighted by Crippen LogP contribution is 2.07. The van der Waals surface area contributed by atoms with Crippen molar-refractivity contribution in [3.8, 4) is 5.69 Å². The number of carbonyl (C=O) groups excluding carboxylic acids is 1. The fourth-order valence-electron chi connectivity index (χ4n) is 1.57. The van der Waals surface area contributed by atoms with Crippen LogP contribution in [-0.2, 0) is 4.74 Å². The normalized spacial score (nSPS) is 10.1. The lowest BCUT2D eigenvalue weighted by atomic mass is 10.2. The number of aryl methyl sites for hydroxylation is 1. The molecule has 0 saturated heterocycles. The van der Waals surface area contributed by atoms with E-state index in [1.165, 1.54) is 23.9 Å². The molecule has 18 heavy (non-hydrogen) atoms. The average Bonchev–Trinajstić information content (AvgIpc) is 2.38. The van der Waals surface area contributed by atoms with Crippen LogP contribution < -0.4 is 5.56 Å². The van der Waals surface area contributed by atoms with Crippen LogP contribution in [0.4, 0.5) is 0 Å². The van der Waals surface area contributed by atoms with E-state index >= 15 is 0 Å². The van der Waals surface area contributed by atoms with Gasteiger partial charge in [-0.3, -0.25) is 4.79 Å². The number of ether oxygens (including phenoxy) is 1. The summed E-state index contributed by atoms with van der Waals surface area (Å²) < 4.78 is 5.75. The van der Waals surface area contributed by atoms with Gasteiger partial charge in [0, 0.05) is 6.07 Å². The first-order valence-corrected chi connectivity index (χ1v) is 5.37. The molecule has 5 heteroatoms. The molecular weight excluding hydrogens is 232 g/mol. The monoisotopic (exact) mass is 244 g/mol. The van der Waals surface area contributed by atoms with Gasteiger partial charge in [-0.1, -0.05) is 12.1 Å². The number of benzene rings is 1. The second-order valence-corrected chi connectivity index (χ2v) is 3.80. The van der Waals surface area contributed by atoms with Gasteiger partial charge in [0.05, 0.1) is 12.8 Å². The average molecular weight is 244 g/mol. The van der Waals surface area contributed by atoms with E-state index in [9.17, 15) is 9.59 Å². The van der Waals surface area contributed by atoms with E-state index < -0.39 is 5.97 Å². The summed E-state index contributed by atoms with van der Waals surface area (Å²) in [5.74, 6) is -0.573. The van der Waals surface area contributed by atoms with Crippen LogP contribution in [0.1, 0.15) is 16.1 Å². The smallest absolute Gasteiger partial charge is 0.358 e. The van der Waals surface area contributed by atoms with Gasteiger partial charge in [-0.15, -0.1) is 0 Å². The van der Waals surface area contributed by atoms with E-state index in [2.05, 4.69) is 9.84 Å². The second kappa shape index (κ2) is 4.83. The van der Waals surface area contributed by atoms with Crippen molar-refractivity contribution < 1.29 is 9.53 Å². The number of aromatic nitrogens is 2. The van der Waals surface area contributed by atoms with Gasteiger partial charge in [-0.25, -0.2) is 4.79 Å². The van der Waals surface area contributed by atoms with E-state index in [4.69, 9.17) is 0 Å². The molecule has 1 heterocycles. The molecule has 0 fully saturated rings. The molecule has 0 bridgehead atoms.